The first-order valence-electron chi connectivity index (χ1n) is 7.58. The van der Waals surface area contributed by atoms with E-state index in [0.717, 1.165) is 0 Å². The second kappa shape index (κ2) is 8.62. The Labute approximate surface area is 141 Å². The zero-order valence-electron chi connectivity index (χ0n) is 13.8. The molecule has 0 heterocycles. The summed E-state index contributed by atoms with van der Waals surface area (Å²) in [5, 5.41) is 2.81. The highest BCUT2D eigenvalue weighted by atomic mass is 16.5. The van der Waals surface area contributed by atoms with E-state index >= 15 is 0 Å². The molecule has 0 spiro atoms. The van der Waals surface area contributed by atoms with Crippen molar-refractivity contribution in [3.63, 3.8) is 0 Å². The van der Waals surface area contributed by atoms with Gasteiger partial charge in [-0.3, -0.25) is 4.79 Å². The first-order valence-corrected chi connectivity index (χ1v) is 7.58. The number of carbonyl (C=O) groups excluding carboxylic acids is 1. The third-order valence-corrected chi connectivity index (χ3v) is 3.21. The van der Waals surface area contributed by atoms with Crippen LogP contribution in [0.4, 0.5) is 5.69 Å². The lowest BCUT2D eigenvalue weighted by Crippen LogP contribution is -2.30. The summed E-state index contributed by atoms with van der Waals surface area (Å²) < 4.78 is 16.3. The zero-order valence-corrected chi connectivity index (χ0v) is 13.8. The van der Waals surface area contributed by atoms with Gasteiger partial charge in [-0.25, -0.2) is 0 Å². The smallest absolute Gasteiger partial charge is 0.265 e. The Balaban J connectivity index is 2.00. The Morgan fingerprint density at radius 2 is 1.96 bits per heavy atom. The minimum atomic E-state index is -0.681. The van der Waals surface area contributed by atoms with Gasteiger partial charge in [0.05, 0.1) is 7.11 Å². The van der Waals surface area contributed by atoms with Gasteiger partial charge >= 0.3 is 0 Å². The molecule has 0 aliphatic rings. The molecule has 0 aliphatic carbocycles. The number of rotatable bonds is 8. The monoisotopic (exact) mass is 327 g/mol. The van der Waals surface area contributed by atoms with Crippen LogP contribution in [-0.2, 0) is 4.79 Å². The SMILES string of the molecule is C=CCOc1cccc(NC(=O)C(C)Oc2ccccc2OC)c1. The highest BCUT2D eigenvalue weighted by Crippen LogP contribution is 2.27. The molecule has 1 amide bonds. The molecule has 2 aromatic rings. The van der Waals surface area contributed by atoms with Crippen LogP contribution in [0, 0.1) is 0 Å². The second-order valence-corrected chi connectivity index (χ2v) is 5.03. The van der Waals surface area contributed by atoms with Gasteiger partial charge < -0.3 is 19.5 Å². The molecule has 126 valence electrons. The van der Waals surface area contributed by atoms with Crippen LogP contribution in [0.25, 0.3) is 0 Å². The van der Waals surface area contributed by atoms with E-state index in [1.54, 1.807) is 50.4 Å². The van der Waals surface area contributed by atoms with Gasteiger partial charge in [-0.05, 0) is 31.2 Å². The fourth-order valence-electron chi connectivity index (χ4n) is 2.02. The van der Waals surface area contributed by atoms with Gasteiger partial charge in [0.15, 0.2) is 17.6 Å². The molecule has 0 bridgehead atoms. The average Bonchev–Trinajstić information content (AvgIpc) is 2.60. The van der Waals surface area contributed by atoms with E-state index in [1.165, 1.54) is 0 Å². The van der Waals surface area contributed by atoms with Crippen molar-refractivity contribution in [3.8, 4) is 17.2 Å². The first kappa shape index (κ1) is 17.4. The van der Waals surface area contributed by atoms with Crippen molar-refractivity contribution in [3.05, 3.63) is 61.2 Å². The van der Waals surface area contributed by atoms with Crippen molar-refractivity contribution >= 4 is 11.6 Å². The predicted octanol–water partition coefficient (Wildman–Crippen LogP) is 3.67. The highest BCUT2D eigenvalue weighted by Gasteiger charge is 2.17. The number of benzene rings is 2. The van der Waals surface area contributed by atoms with Gasteiger partial charge in [-0.1, -0.05) is 30.9 Å². The van der Waals surface area contributed by atoms with Crippen molar-refractivity contribution in [2.75, 3.05) is 19.0 Å². The van der Waals surface area contributed by atoms with Crippen molar-refractivity contribution in [1.29, 1.82) is 0 Å². The Kier molecular flexibility index (Phi) is 6.25. The standard InChI is InChI=1S/C19H21NO4/c1-4-12-23-16-9-7-8-15(13-16)20-19(21)14(2)24-18-11-6-5-10-17(18)22-3/h4-11,13-14H,1,12H2,2-3H3,(H,20,21). The Bertz CT molecular complexity index is 699. The number of methoxy groups -OCH3 is 1. The van der Waals surface area contributed by atoms with Gasteiger partial charge in [-0.15, -0.1) is 0 Å². The molecule has 0 aromatic heterocycles. The maximum atomic E-state index is 12.3. The van der Waals surface area contributed by atoms with Crippen molar-refractivity contribution in [1.82, 2.24) is 0 Å². The van der Waals surface area contributed by atoms with Crippen LogP contribution in [0.2, 0.25) is 0 Å². The summed E-state index contributed by atoms with van der Waals surface area (Å²) in [6.07, 6.45) is 0.980. The summed E-state index contributed by atoms with van der Waals surface area (Å²) in [6, 6.07) is 14.3. The molecule has 1 unspecified atom stereocenters. The van der Waals surface area contributed by atoms with Crippen LogP contribution < -0.4 is 19.5 Å². The van der Waals surface area contributed by atoms with E-state index in [2.05, 4.69) is 11.9 Å². The number of para-hydroxylation sites is 2. The molecule has 0 saturated heterocycles. The van der Waals surface area contributed by atoms with Crippen molar-refractivity contribution in [2.24, 2.45) is 0 Å². The molecule has 2 rings (SSSR count). The summed E-state index contributed by atoms with van der Waals surface area (Å²) in [7, 11) is 1.56. The average molecular weight is 327 g/mol. The molecule has 1 N–H and O–H groups in total. The van der Waals surface area contributed by atoms with Crippen LogP contribution in [0.3, 0.4) is 0 Å². The second-order valence-electron chi connectivity index (χ2n) is 5.03. The third-order valence-electron chi connectivity index (χ3n) is 3.21. The van der Waals surface area contributed by atoms with Crippen LogP contribution in [0.5, 0.6) is 17.2 Å². The lowest BCUT2D eigenvalue weighted by molar-refractivity contribution is -0.122. The summed E-state index contributed by atoms with van der Waals surface area (Å²) in [5.41, 5.74) is 0.636. The van der Waals surface area contributed by atoms with Gasteiger partial charge in [0, 0.05) is 11.8 Å². The largest absolute Gasteiger partial charge is 0.493 e. The maximum Gasteiger partial charge on any atom is 0.265 e. The summed E-state index contributed by atoms with van der Waals surface area (Å²) in [6.45, 7) is 5.69. The number of ether oxygens (including phenoxy) is 3. The zero-order chi connectivity index (χ0) is 17.4. The summed E-state index contributed by atoms with van der Waals surface area (Å²) in [4.78, 5) is 12.3. The quantitative estimate of drug-likeness (QED) is 0.752. The van der Waals surface area contributed by atoms with E-state index in [0.29, 0.717) is 29.5 Å². The summed E-state index contributed by atoms with van der Waals surface area (Å²) >= 11 is 0. The molecule has 0 fully saturated rings. The number of anilines is 1. The maximum absolute atomic E-state index is 12.3. The molecule has 2 aromatic carbocycles. The number of carbonyl (C=O) groups is 1. The highest BCUT2D eigenvalue weighted by molar-refractivity contribution is 5.94. The van der Waals surface area contributed by atoms with Crippen LogP contribution in [0.15, 0.2) is 61.2 Å². The number of nitrogens with one attached hydrogen (secondary N) is 1. The van der Waals surface area contributed by atoms with E-state index < -0.39 is 6.10 Å². The molecule has 5 heteroatoms. The van der Waals surface area contributed by atoms with Crippen LogP contribution in [0.1, 0.15) is 6.92 Å². The molecular weight excluding hydrogens is 306 g/mol. The van der Waals surface area contributed by atoms with Gasteiger partial charge in [0.25, 0.3) is 5.91 Å². The number of amides is 1. The molecule has 5 nitrogen and oxygen atoms in total. The van der Waals surface area contributed by atoms with E-state index in [4.69, 9.17) is 14.2 Å². The van der Waals surface area contributed by atoms with E-state index in [-0.39, 0.29) is 5.91 Å². The van der Waals surface area contributed by atoms with Gasteiger partial charge in [0.2, 0.25) is 0 Å². The lowest BCUT2D eigenvalue weighted by atomic mass is 10.2. The molecule has 0 radical (unpaired) electrons. The Morgan fingerprint density at radius 3 is 2.67 bits per heavy atom. The van der Waals surface area contributed by atoms with Crippen LogP contribution >= 0.6 is 0 Å². The fourth-order valence-corrected chi connectivity index (χ4v) is 2.02. The van der Waals surface area contributed by atoms with Crippen LogP contribution in [-0.4, -0.2) is 25.7 Å². The van der Waals surface area contributed by atoms with Gasteiger partial charge in [0.1, 0.15) is 12.4 Å². The van der Waals surface area contributed by atoms with Crippen molar-refractivity contribution in [2.45, 2.75) is 13.0 Å². The number of hydrogen-bond donors (Lipinski definition) is 1. The Morgan fingerprint density at radius 1 is 1.21 bits per heavy atom. The van der Waals surface area contributed by atoms with E-state index in [9.17, 15) is 4.79 Å². The molecular formula is C19H21NO4. The Hall–Kier alpha value is -2.95. The topological polar surface area (TPSA) is 56.8 Å². The van der Waals surface area contributed by atoms with Gasteiger partial charge in [-0.2, -0.15) is 0 Å². The minimum Gasteiger partial charge on any atom is -0.493 e. The van der Waals surface area contributed by atoms with E-state index in [1.807, 2.05) is 18.2 Å². The number of hydrogen-bond acceptors (Lipinski definition) is 4. The minimum absolute atomic E-state index is 0.262. The molecule has 1 atom stereocenters. The molecule has 24 heavy (non-hydrogen) atoms. The molecule has 0 saturated carbocycles. The summed E-state index contributed by atoms with van der Waals surface area (Å²) in [5.74, 6) is 1.50. The lowest BCUT2D eigenvalue weighted by Gasteiger charge is -2.17. The first-order chi connectivity index (χ1) is 11.6. The third kappa shape index (κ3) is 4.78. The van der Waals surface area contributed by atoms with Crippen molar-refractivity contribution < 1.29 is 19.0 Å². The predicted molar refractivity (Wildman–Crippen MR) is 93.8 cm³/mol. The fraction of sp³-hybridized carbons (Fsp3) is 0.211. The molecule has 0 aliphatic heterocycles. The normalized spacial score (nSPS) is 11.2.